The third-order valence-corrected chi connectivity index (χ3v) is 5.67. The van der Waals surface area contributed by atoms with E-state index in [2.05, 4.69) is 9.71 Å². The first kappa shape index (κ1) is 17.6. The molecule has 1 aromatic heterocycles. The van der Waals surface area contributed by atoms with Gasteiger partial charge in [-0.3, -0.25) is 4.98 Å². The van der Waals surface area contributed by atoms with Crippen LogP contribution in [-0.2, 0) is 10.0 Å². The van der Waals surface area contributed by atoms with Gasteiger partial charge >= 0.3 is 0 Å². The summed E-state index contributed by atoms with van der Waals surface area (Å²) in [7, 11) is -3.83. The zero-order chi connectivity index (χ0) is 17.9. The molecule has 1 N–H and O–H groups in total. The number of rotatable bonds is 5. The number of hydrogen-bond donors (Lipinski definition) is 1. The summed E-state index contributed by atoms with van der Waals surface area (Å²) in [5.74, 6) is 0. The molecular formula is C19H17ClN2O2S. The van der Waals surface area contributed by atoms with Gasteiger partial charge in [0.05, 0.1) is 16.8 Å². The summed E-state index contributed by atoms with van der Waals surface area (Å²) in [6.45, 7) is 1.86. The zero-order valence-corrected chi connectivity index (χ0v) is 15.1. The number of benzene rings is 2. The van der Waals surface area contributed by atoms with E-state index < -0.39 is 16.1 Å². The summed E-state index contributed by atoms with van der Waals surface area (Å²) in [5, 5.41) is 0.195. The summed E-state index contributed by atoms with van der Waals surface area (Å²) < 4.78 is 28.5. The molecule has 0 saturated carbocycles. The SMILES string of the molecule is Cc1ccc(S(=O)(=O)N[C@@H](c2ccccc2)c2ccccn2)c(Cl)c1. The molecule has 3 rings (SSSR count). The van der Waals surface area contributed by atoms with Crippen molar-refractivity contribution >= 4 is 21.6 Å². The second-order valence-corrected chi connectivity index (χ2v) is 7.74. The normalized spacial score (nSPS) is 12.7. The fourth-order valence-corrected chi connectivity index (χ4v) is 4.33. The quantitative estimate of drug-likeness (QED) is 0.733. The van der Waals surface area contributed by atoms with Crippen molar-refractivity contribution < 1.29 is 8.42 Å². The number of halogens is 1. The molecule has 128 valence electrons. The molecule has 1 atom stereocenters. The molecule has 4 nitrogen and oxygen atoms in total. The van der Waals surface area contributed by atoms with Gasteiger partial charge < -0.3 is 0 Å². The van der Waals surface area contributed by atoms with Gasteiger partial charge in [0.15, 0.2) is 0 Å². The standard InChI is InChI=1S/C19H17ClN2O2S/c1-14-10-11-18(16(20)13-14)25(23,24)22-19(15-7-3-2-4-8-15)17-9-5-6-12-21-17/h2-13,19,22H,1H3/t19-/m0/s1. The van der Waals surface area contributed by atoms with Gasteiger partial charge in [0.2, 0.25) is 10.0 Å². The Labute approximate surface area is 152 Å². The molecule has 0 aliphatic heterocycles. The van der Waals surface area contributed by atoms with E-state index in [-0.39, 0.29) is 9.92 Å². The molecule has 0 saturated heterocycles. The van der Waals surface area contributed by atoms with E-state index in [0.29, 0.717) is 5.69 Å². The second kappa shape index (κ2) is 7.35. The molecule has 6 heteroatoms. The van der Waals surface area contributed by atoms with Crippen molar-refractivity contribution in [2.75, 3.05) is 0 Å². The molecule has 3 aromatic rings. The van der Waals surface area contributed by atoms with Crippen molar-refractivity contribution in [3.8, 4) is 0 Å². The van der Waals surface area contributed by atoms with E-state index in [4.69, 9.17) is 11.6 Å². The average Bonchev–Trinajstić information content (AvgIpc) is 2.61. The van der Waals surface area contributed by atoms with E-state index in [1.165, 1.54) is 6.07 Å². The van der Waals surface area contributed by atoms with E-state index in [1.54, 1.807) is 30.5 Å². The van der Waals surface area contributed by atoms with Crippen molar-refractivity contribution in [1.82, 2.24) is 9.71 Å². The third kappa shape index (κ3) is 4.07. The number of sulfonamides is 1. The second-order valence-electron chi connectivity index (χ2n) is 5.65. The van der Waals surface area contributed by atoms with Crippen molar-refractivity contribution in [1.29, 1.82) is 0 Å². The summed E-state index contributed by atoms with van der Waals surface area (Å²) in [5.41, 5.74) is 2.31. The van der Waals surface area contributed by atoms with Crippen molar-refractivity contribution in [2.45, 2.75) is 17.9 Å². The molecule has 0 spiro atoms. The Kier molecular flexibility index (Phi) is 5.18. The molecule has 0 unspecified atom stereocenters. The van der Waals surface area contributed by atoms with Crippen LogP contribution in [-0.4, -0.2) is 13.4 Å². The van der Waals surface area contributed by atoms with Crippen molar-refractivity contribution in [3.63, 3.8) is 0 Å². The number of hydrogen-bond acceptors (Lipinski definition) is 3. The van der Waals surface area contributed by atoms with Crippen molar-refractivity contribution in [3.05, 3.63) is 94.8 Å². The highest BCUT2D eigenvalue weighted by Crippen LogP contribution is 2.27. The number of nitrogens with one attached hydrogen (secondary N) is 1. The molecule has 0 bridgehead atoms. The van der Waals surface area contributed by atoms with Gasteiger partial charge in [-0.25, -0.2) is 8.42 Å². The van der Waals surface area contributed by atoms with Gasteiger partial charge in [-0.1, -0.05) is 54.1 Å². The Bertz CT molecular complexity index is 922. The monoisotopic (exact) mass is 372 g/mol. The predicted octanol–water partition coefficient (Wildman–Crippen LogP) is 4.11. The van der Waals surface area contributed by atoms with Crippen LogP contribution in [0.4, 0.5) is 0 Å². The molecule has 0 aliphatic carbocycles. The lowest BCUT2D eigenvalue weighted by atomic mass is 10.0. The molecule has 25 heavy (non-hydrogen) atoms. The van der Waals surface area contributed by atoms with Crippen LogP contribution in [0.2, 0.25) is 5.02 Å². The lowest BCUT2D eigenvalue weighted by Gasteiger charge is -2.19. The number of pyridine rings is 1. The van der Waals surface area contributed by atoms with Gasteiger partial charge in [0.25, 0.3) is 0 Å². The Balaban J connectivity index is 2.03. The Hall–Kier alpha value is -2.21. The highest BCUT2D eigenvalue weighted by molar-refractivity contribution is 7.89. The maximum Gasteiger partial charge on any atom is 0.242 e. The Morgan fingerprint density at radius 1 is 1.00 bits per heavy atom. The molecule has 2 aromatic carbocycles. The van der Waals surface area contributed by atoms with Crippen molar-refractivity contribution in [2.24, 2.45) is 0 Å². The van der Waals surface area contributed by atoms with Crippen LogP contribution in [0.3, 0.4) is 0 Å². The van der Waals surface area contributed by atoms with Gasteiger partial charge in [-0.2, -0.15) is 4.72 Å². The van der Waals surface area contributed by atoms with Gasteiger partial charge in [-0.15, -0.1) is 0 Å². The van der Waals surface area contributed by atoms with Crippen LogP contribution in [0.25, 0.3) is 0 Å². The lowest BCUT2D eigenvalue weighted by Crippen LogP contribution is -2.30. The summed E-state index contributed by atoms with van der Waals surface area (Å²) in [4.78, 5) is 4.36. The lowest BCUT2D eigenvalue weighted by molar-refractivity contribution is 0.570. The van der Waals surface area contributed by atoms with E-state index in [1.807, 2.05) is 43.3 Å². The van der Waals surface area contributed by atoms with E-state index in [0.717, 1.165) is 11.1 Å². The molecular weight excluding hydrogens is 356 g/mol. The minimum atomic E-state index is -3.83. The van der Waals surface area contributed by atoms with Crippen LogP contribution in [0.15, 0.2) is 77.8 Å². The molecule has 0 radical (unpaired) electrons. The van der Waals surface area contributed by atoms with Crippen LogP contribution < -0.4 is 4.72 Å². The number of nitrogens with zero attached hydrogens (tertiary/aromatic N) is 1. The fraction of sp³-hybridized carbons (Fsp3) is 0.105. The topological polar surface area (TPSA) is 59.1 Å². The average molecular weight is 373 g/mol. The maximum atomic E-state index is 12.9. The Morgan fingerprint density at radius 3 is 2.36 bits per heavy atom. The molecule has 0 amide bonds. The third-order valence-electron chi connectivity index (χ3n) is 3.77. The summed E-state index contributed by atoms with van der Waals surface area (Å²) >= 11 is 6.15. The number of aromatic nitrogens is 1. The zero-order valence-electron chi connectivity index (χ0n) is 13.6. The van der Waals surface area contributed by atoms with E-state index in [9.17, 15) is 8.42 Å². The predicted molar refractivity (Wildman–Crippen MR) is 99.0 cm³/mol. The summed E-state index contributed by atoms with van der Waals surface area (Å²) in [6.07, 6.45) is 1.64. The summed E-state index contributed by atoms with van der Waals surface area (Å²) in [6, 6.07) is 19.0. The van der Waals surface area contributed by atoms with Crippen LogP contribution in [0.1, 0.15) is 22.9 Å². The molecule has 0 fully saturated rings. The largest absolute Gasteiger partial charge is 0.259 e. The van der Waals surface area contributed by atoms with Crippen LogP contribution in [0, 0.1) is 6.92 Å². The smallest absolute Gasteiger partial charge is 0.242 e. The Morgan fingerprint density at radius 2 is 1.72 bits per heavy atom. The van der Waals surface area contributed by atoms with E-state index >= 15 is 0 Å². The molecule has 0 aliphatic rings. The first-order chi connectivity index (χ1) is 12.0. The highest BCUT2D eigenvalue weighted by Gasteiger charge is 2.25. The first-order valence-corrected chi connectivity index (χ1v) is 9.58. The minimum absolute atomic E-state index is 0.0524. The van der Waals surface area contributed by atoms with Gasteiger partial charge in [0.1, 0.15) is 4.90 Å². The maximum absolute atomic E-state index is 12.9. The fourth-order valence-electron chi connectivity index (χ4n) is 2.53. The van der Waals surface area contributed by atoms with Gasteiger partial charge in [-0.05, 0) is 42.3 Å². The highest BCUT2D eigenvalue weighted by atomic mass is 35.5. The molecule has 1 heterocycles. The minimum Gasteiger partial charge on any atom is -0.259 e. The van der Waals surface area contributed by atoms with Gasteiger partial charge in [0, 0.05) is 6.20 Å². The van der Waals surface area contributed by atoms with Crippen LogP contribution in [0.5, 0.6) is 0 Å². The van der Waals surface area contributed by atoms with Crippen LogP contribution >= 0.6 is 11.6 Å². The number of aryl methyl sites for hydroxylation is 1. The first-order valence-electron chi connectivity index (χ1n) is 7.72.